The lowest BCUT2D eigenvalue weighted by atomic mass is 9.48. The molecule has 0 atom stereocenters. The van der Waals surface area contributed by atoms with E-state index in [1.807, 2.05) is 37.3 Å². The summed E-state index contributed by atoms with van der Waals surface area (Å²) in [6.45, 7) is 6.46. The predicted octanol–water partition coefficient (Wildman–Crippen LogP) is 6.96. The zero-order chi connectivity index (χ0) is 26.9. The maximum atomic E-state index is 13.1. The summed E-state index contributed by atoms with van der Waals surface area (Å²) in [7, 11) is 0. The highest BCUT2D eigenvalue weighted by Gasteiger charge is 2.51. The van der Waals surface area contributed by atoms with E-state index >= 15 is 0 Å². The first-order valence-corrected chi connectivity index (χ1v) is 14.5. The molecule has 8 rings (SSSR count). The SMILES string of the molecule is Cc1ccc(CN2C(=O)N/C(=C/c3cc(C)n(-c4ccc(C56CC7CC(CC(C7)C5)C6)cc4)c3C)C2=O)cc1. The lowest BCUT2D eigenvalue weighted by Gasteiger charge is -2.57. The standard InChI is InChI=1S/C34H37N3O2/c1-21-4-6-24(7-5-21)20-36-32(38)31(35-33(36)39)16-28-12-22(2)37(23(28)3)30-10-8-29(9-11-30)34-17-25-13-26(18-34)15-27(14-25)19-34/h4-12,16,25-27H,13-15,17-20H2,1-3H3,(H,35,39)/b31-16+. The molecule has 0 unspecified atom stereocenters. The Morgan fingerprint density at radius 3 is 2.10 bits per heavy atom. The number of hydrogen-bond acceptors (Lipinski definition) is 2. The van der Waals surface area contributed by atoms with Gasteiger partial charge in [0.05, 0.1) is 6.54 Å². The summed E-state index contributed by atoms with van der Waals surface area (Å²) < 4.78 is 2.25. The van der Waals surface area contributed by atoms with Crippen LogP contribution in [0.5, 0.6) is 0 Å². The zero-order valence-electron chi connectivity index (χ0n) is 23.2. The molecule has 4 bridgehead atoms. The molecule has 0 radical (unpaired) electrons. The summed E-state index contributed by atoms with van der Waals surface area (Å²) in [5.74, 6) is 2.52. The molecular formula is C34H37N3O2. The molecule has 1 aliphatic heterocycles. The summed E-state index contributed by atoms with van der Waals surface area (Å²) in [4.78, 5) is 27.1. The maximum absolute atomic E-state index is 13.1. The normalized spacial score (nSPS) is 28.5. The molecule has 4 aliphatic carbocycles. The topological polar surface area (TPSA) is 54.3 Å². The number of nitrogens with zero attached hydrogens (tertiary/aromatic N) is 2. The third kappa shape index (κ3) is 4.14. The third-order valence-corrected chi connectivity index (χ3v) is 9.97. The van der Waals surface area contributed by atoms with Crippen molar-refractivity contribution in [2.24, 2.45) is 17.8 Å². The molecule has 200 valence electrons. The molecule has 2 aromatic carbocycles. The van der Waals surface area contributed by atoms with Crippen molar-refractivity contribution in [2.45, 2.75) is 71.3 Å². The van der Waals surface area contributed by atoms with Crippen LogP contribution in [0.2, 0.25) is 0 Å². The van der Waals surface area contributed by atoms with Crippen LogP contribution in [0.25, 0.3) is 11.8 Å². The molecule has 5 aliphatic rings. The van der Waals surface area contributed by atoms with Gasteiger partial charge in [-0.1, -0.05) is 42.0 Å². The Kier molecular flexibility index (Phi) is 5.62. The second kappa shape index (κ2) is 8.97. The Morgan fingerprint density at radius 1 is 0.872 bits per heavy atom. The second-order valence-electron chi connectivity index (χ2n) is 12.8. The monoisotopic (exact) mass is 519 g/mol. The van der Waals surface area contributed by atoms with Gasteiger partial charge in [-0.15, -0.1) is 0 Å². The van der Waals surface area contributed by atoms with Crippen molar-refractivity contribution in [1.82, 2.24) is 14.8 Å². The van der Waals surface area contributed by atoms with Crippen LogP contribution in [0, 0.1) is 38.5 Å². The molecule has 1 N–H and O–H groups in total. The van der Waals surface area contributed by atoms with E-state index in [-0.39, 0.29) is 18.5 Å². The lowest BCUT2D eigenvalue weighted by molar-refractivity contribution is -0.123. The van der Waals surface area contributed by atoms with Gasteiger partial charge >= 0.3 is 6.03 Å². The minimum atomic E-state index is -0.374. The fourth-order valence-electron chi connectivity index (χ4n) is 8.51. The number of aromatic nitrogens is 1. The quantitative estimate of drug-likeness (QED) is 0.293. The van der Waals surface area contributed by atoms with E-state index in [1.54, 1.807) is 0 Å². The van der Waals surface area contributed by atoms with Crippen molar-refractivity contribution in [3.8, 4) is 5.69 Å². The van der Waals surface area contributed by atoms with Crippen molar-refractivity contribution >= 4 is 18.0 Å². The van der Waals surface area contributed by atoms with E-state index < -0.39 is 0 Å². The van der Waals surface area contributed by atoms with Gasteiger partial charge in [-0.3, -0.25) is 9.69 Å². The van der Waals surface area contributed by atoms with E-state index in [0.717, 1.165) is 51.5 Å². The Bertz CT molecular complexity index is 1460. The number of aryl methyl sites for hydroxylation is 2. The first-order valence-electron chi connectivity index (χ1n) is 14.5. The number of benzene rings is 2. The van der Waals surface area contributed by atoms with Gasteiger partial charge in [-0.05, 0) is 123 Å². The Labute approximate surface area is 230 Å². The fourth-order valence-corrected chi connectivity index (χ4v) is 8.51. The van der Waals surface area contributed by atoms with E-state index in [1.165, 1.54) is 49.0 Å². The largest absolute Gasteiger partial charge is 0.329 e. The Balaban J connectivity index is 1.13. The number of urea groups is 1. The molecule has 0 spiro atoms. The van der Waals surface area contributed by atoms with Gasteiger partial charge in [-0.25, -0.2) is 4.79 Å². The lowest BCUT2D eigenvalue weighted by Crippen LogP contribution is -2.48. The molecule has 39 heavy (non-hydrogen) atoms. The number of carbonyl (C=O) groups excluding carboxylic acids is 2. The van der Waals surface area contributed by atoms with Gasteiger partial charge in [0.25, 0.3) is 5.91 Å². The second-order valence-corrected chi connectivity index (χ2v) is 12.8. The predicted molar refractivity (Wildman–Crippen MR) is 153 cm³/mol. The van der Waals surface area contributed by atoms with Crippen LogP contribution in [0.4, 0.5) is 4.79 Å². The highest BCUT2D eigenvalue weighted by molar-refractivity contribution is 6.14. The van der Waals surface area contributed by atoms with Crippen molar-refractivity contribution in [1.29, 1.82) is 0 Å². The number of nitrogens with one attached hydrogen (secondary N) is 1. The van der Waals surface area contributed by atoms with Crippen molar-refractivity contribution in [3.63, 3.8) is 0 Å². The van der Waals surface area contributed by atoms with Crippen LogP contribution in [0.3, 0.4) is 0 Å². The van der Waals surface area contributed by atoms with E-state index in [0.29, 0.717) is 11.1 Å². The number of carbonyl (C=O) groups is 2. The molecule has 2 heterocycles. The average molecular weight is 520 g/mol. The molecule has 5 fully saturated rings. The number of amides is 3. The van der Waals surface area contributed by atoms with E-state index in [9.17, 15) is 9.59 Å². The first kappa shape index (κ1) is 24.4. The smallest absolute Gasteiger partial charge is 0.318 e. The molecule has 1 saturated heterocycles. The molecular weight excluding hydrogens is 482 g/mol. The average Bonchev–Trinajstić information content (AvgIpc) is 3.33. The minimum absolute atomic E-state index is 0.261. The summed E-state index contributed by atoms with van der Waals surface area (Å²) in [5, 5.41) is 2.79. The van der Waals surface area contributed by atoms with Crippen LogP contribution < -0.4 is 5.32 Å². The van der Waals surface area contributed by atoms with Crippen LogP contribution in [-0.4, -0.2) is 21.4 Å². The van der Waals surface area contributed by atoms with Gasteiger partial charge in [0.1, 0.15) is 5.70 Å². The number of imide groups is 1. The fraction of sp³-hybridized carbons (Fsp3) is 0.412. The van der Waals surface area contributed by atoms with Crippen molar-refractivity contribution in [3.05, 3.63) is 93.9 Å². The highest BCUT2D eigenvalue weighted by Crippen LogP contribution is 2.60. The van der Waals surface area contributed by atoms with Crippen LogP contribution in [-0.2, 0) is 16.8 Å². The maximum Gasteiger partial charge on any atom is 0.329 e. The van der Waals surface area contributed by atoms with Crippen molar-refractivity contribution in [2.75, 3.05) is 0 Å². The molecule has 4 saturated carbocycles. The van der Waals surface area contributed by atoms with E-state index in [4.69, 9.17) is 0 Å². The highest BCUT2D eigenvalue weighted by atomic mass is 16.2. The molecule has 1 aromatic heterocycles. The summed E-state index contributed by atoms with van der Waals surface area (Å²) in [6, 6.07) is 18.9. The zero-order valence-corrected chi connectivity index (χ0v) is 23.2. The van der Waals surface area contributed by atoms with Gasteiger partial charge < -0.3 is 9.88 Å². The minimum Gasteiger partial charge on any atom is -0.318 e. The van der Waals surface area contributed by atoms with Gasteiger partial charge in [0.15, 0.2) is 0 Å². The molecule has 5 nitrogen and oxygen atoms in total. The summed E-state index contributed by atoms with van der Waals surface area (Å²) in [5.41, 5.74) is 8.58. The Morgan fingerprint density at radius 2 is 1.49 bits per heavy atom. The first-order chi connectivity index (χ1) is 18.8. The molecule has 5 heteroatoms. The van der Waals surface area contributed by atoms with E-state index in [2.05, 4.69) is 54.1 Å². The van der Waals surface area contributed by atoms with Gasteiger partial charge in [0, 0.05) is 17.1 Å². The summed E-state index contributed by atoms with van der Waals surface area (Å²) in [6.07, 6.45) is 10.3. The number of rotatable bonds is 5. The molecule has 3 aromatic rings. The van der Waals surface area contributed by atoms with Gasteiger partial charge in [-0.2, -0.15) is 0 Å². The number of hydrogen-bond donors (Lipinski definition) is 1. The molecule has 3 amide bonds. The van der Waals surface area contributed by atoms with Crippen LogP contribution >= 0.6 is 0 Å². The summed E-state index contributed by atoms with van der Waals surface area (Å²) >= 11 is 0. The van der Waals surface area contributed by atoms with Crippen molar-refractivity contribution < 1.29 is 9.59 Å². The third-order valence-electron chi connectivity index (χ3n) is 9.97. The van der Waals surface area contributed by atoms with Crippen LogP contribution in [0.15, 0.2) is 60.3 Å². The Hall–Kier alpha value is -3.60. The van der Waals surface area contributed by atoms with Crippen LogP contribution in [0.1, 0.15) is 72.2 Å². The van der Waals surface area contributed by atoms with Gasteiger partial charge in [0.2, 0.25) is 0 Å².